The molecule has 0 aliphatic carbocycles. The van der Waals surface area contributed by atoms with Crippen molar-refractivity contribution in [2.45, 2.75) is 26.4 Å². The third-order valence-corrected chi connectivity index (χ3v) is 5.04. The van der Waals surface area contributed by atoms with Crippen LogP contribution in [0.4, 0.5) is 0 Å². The van der Waals surface area contributed by atoms with Gasteiger partial charge in [0.1, 0.15) is 11.9 Å². The van der Waals surface area contributed by atoms with Gasteiger partial charge in [0.05, 0.1) is 0 Å². The van der Waals surface area contributed by atoms with Crippen molar-refractivity contribution in [3.8, 4) is 16.9 Å². The summed E-state index contributed by atoms with van der Waals surface area (Å²) in [4.78, 5) is 0. The monoisotopic (exact) mass is 334 g/mol. The molecule has 0 amide bonds. The van der Waals surface area contributed by atoms with Gasteiger partial charge in [0.15, 0.2) is 0 Å². The van der Waals surface area contributed by atoms with Gasteiger partial charge in [-0.25, -0.2) is 0 Å². The zero-order chi connectivity index (χ0) is 16.7. The number of hydrogen-bond donors (Lipinski definition) is 0. The van der Waals surface area contributed by atoms with Crippen LogP contribution in [-0.4, -0.2) is 0 Å². The standard InChI is InChI=1S/C22H19ClO/c1-14-10-11-15(2)19(12-14)21-13-16-6-5-8-18(22(16)24-21)17-7-3-4-9-20(17)23/h3-12,21H,13H2,1-2H3. The Bertz CT molecular complexity index is 914. The van der Waals surface area contributed by atoms with Crippen molar-refractivity contribution < 1.29 is 4.74 Å². The van der Waals surface area contributed by atoms with E-state index in [9.17, 15) is 0 Å². The molecule has 120 valence electrons. The van der Waals surface area contributed by atoms with Crippen LogP contribution >= 0.6 is 11.6 Å². The van der Waals surface area contributed by atoms with Gasteiger partial charge in [0, 0.05) is 22.6 Å². The Morgan fingerprint density at radius 3 is 2.54 bits per heavy atom. The molecule has 3 aromatic rings. The number of fused-ring (bicyclic) bond motifs is 1. The molecule has 1 atom stereocenters. The first-order chi connectivity index (χ1) is 11.6. The lowest BCUT2D eigenvalue weighted by Gasteiger charge is -2.16. The molecule has 1 heterocycles. The van der Waals surface area contributed by atoms with E-state index < -0.39 is 0 Å². The highest BCUT2D eigenvalue weighted by Gasteiger charge is 2.28. The Hall–Kier alpha value is -2.25. The van der Waals surface area contributed by atoms with Crippen LogP contribution in [0.25, 0.3) is 11.1 Å². The maximum absolute atomic E-state index is 6.41. The minimum atomic E-state index is 0.0727. The van der Waals surface area contributed by atoms with E-state index in [1.54, 1.807) is 0 Å². The number of benzene rings is 3. The van der Waals surface area contributed by atoms with Gasteiger partial charge in [-0.2, -0.15) is 0 Å². The summed E-state index contributed by atoms with van der Waals surface area (Å²) in [5, 5.41) is 0.754. The van der Waals surface area contributed by atoms with Crippen LogP contribution in [0.2, 0.25) is 5.02 Å². The fourth-order valence-corrected chi connectivity index (χ4v) is 3.68. The van der Waals surface area contributed by atoms with Crippen molar-refractivity contribution in [2.24, 2.45) is 0 Å². The minimum Gasteiger partial charge on any atom is -0.484 e. The number of rotatable bonds is 2. The second-order valence-electron chi connectivity index (χ2n) is 6.44. The van der Waals surface area contributed by atoms with Crippen LogP contribution in [0.3, 0.4) is 0 Å². The van der Waals surface area contributed by atoms with Crippen molar-refractivity contribution in [3.05, 3.63) is 87.9 Å². The molecule has 0 spiro atoms. The molecule has 0 saturated carbocycles. The van der Waals surface area contributed by atoms with Crippen LogP contribution in [0.1, 0.15) is 28.4 Å². The number of para-hydroxylation sites is 1. The van der Waals surface area contributed by atoms with Gasteiger partial charge in [-0.3, -0.25) is 0 Å². The van der Waals surface area contributed by atoms with E-state index in [1.165, 1.54) is 22.3 Å². The van der Waals surface area contributed by atoms with E-state index >= 15 is 0 Å². The van der Waals surface area contributed by atoms with E-state index in [1.807, 2.05) is 24.3 Å². The van der Waals surface area contributed by atoms with Gasteiger partial charge in [0.2, 0.25) is 0 Å². The Kier molecular flexibility index (Phi) is 3.82. The molecule has 1 unspecified atom stereocenters. The number of halogens is 1. The summed E-state index contributed by atoms with van der Waals surface area (Å²) in [7, 11) is 0. The van der Waals surface area contributed by atoms with E-state index in [0.29, 0.717) is 0 Å². The minimum absolute atomic E-state index is 0.0727. The average Bonchev–Trinajstić information content (AvgIpc) is 3.01. The number of hydrogen-bond acceptors (Lipinski definition) is 1. The highest BCUT2D eigenvalue weighted by atomic mass is 35.5. The summed E-state index contributed by atoms with van der Waals surface area (Å²) in [6.07, 6.45) is 0.973. The molecule has 2 heteroatoms. The highest BCUT2D eigenvalue weighted by Crippen LogP contribution is 2.45. The molecular weight excluding hydrogens is 316 g/mol. The first kappa shape index (κ1) is 15.3. The second-order valence-corrected chi connectivity index (χ2v) is 6.85. The Morgan fingerprint density at radius 1 is 0.917 bits per heavy atom. The molecule has 0 aromatic heterocycles. The fraction of sp³-hybridized carbons (Fsp3) is 0.182. The van der Waals surface area contributed by atoms with Gasteiger partial charge >= 0.3 is 0 Å². The zero-order valence-electron chi connectivity index (χ0n) is 13.8. The molecule has 0 saturated heterocycles. The van der Waals surface area contributed by atoms with Crippen molar-refractivity contribution in [1.29, 1.82) is 0 Å². The lowest BCUT2D eigenvalue weighted by atomic mass is 9.96. The van der Waals surface area contributed by atoms with E-state index in [0.717, 1.165) is 28.3 Å². The lowest BCUT2D eigenvalue weighted by molar-refractivity contribution is 0.238. The molecule has 1 aliphatic rings. The van der Waals surface area contributed by atoms with E-state index in [2.05, 4.69) is 50.2 Å². The smallest absolute Gasteiger partial charge is 0.131 e. The van der Waals surface area contributed by atoms with Crippen LogP contribution < -0.4 is 4.74 Å². The summed E-state index contributed by atoms with van der Waals surface area (Å²) in [6, 6.07) is 20.8. The Balaban J connectivity index is 1.77. The van der Waals surface area contributed by atoms with Crippen molar-refractivity contribution in [1.82, 2.24) is 0 Å². The van der Waals surface area contributed by atoms with Crippen LogP contribution in [0.5, 0.6) is 5.75 Å². The third-order valence-electron chi connectivity index (χ3n) is 4.71. The number of aryl methyl sites for hydroxylation is 2. The van der Waals surface area contributed by atoms with Crippen molar-refractivity contribution >= 4 is 11.6 Å². The first-order valence-corrected chi connectivity index (χ1v) is 8.62. The maximum Gasteiger partial charge on any atom is 0.131 e. The Labute approximate surface area is 147 Å². The van der Waals surface area contributed by atoms with E-state index in [-0.39, 0.29) is 6.10 Å². The topological polar surface area (TPSA) is 9.23 Å². The normalized spacial score (nSPS) is 15.9. The van der Waals surface area contributed by atoms with Crippen molar-refractivity contribution in [2.75, 3.05) is 0 Å². The Morgan fingerprint density at radius 2 is 1.71 bits per heavy atom. The largest absolute Gasteiger partial charge is 0.484 e. The summed E-state index contributed by atoms with van der Waals surface area (Å²) >= 11 is 6.40. The molecule has 0 radical (unpaired) electrons. The maximum atomic E-state index is 6.41. The molecule has 1 aliphatic heterocycles. The van der Waals surface area contributed by atoms with Crippen LogP contribution in [0, 0.1) is 13.8 Å². The molecule has 0 bridgehead atoms. The number of ether oxygens (including phenoxy) is 1. The predicted octanol–water partition coefficient (Wildman–Crippen LogP) is 6.30. The molecule has 24 heavy (non-hydrogen) atoms. The van der Waals surface area contributed by atoms with Crippen LogP contribution in [0.15, 0.2) is 60.7 Å². The molecule has 3 aromatic carbocycles. The van der Waals surface area contributed by atoms with Gasteiger partial charge in [0.25, 0.3) is 0 Å². The molecule has 4 rings (SSSR count). The predicted molar refractivity (Wildman–Crippen MR) is 99.9 cm³/mol. The summed E-state index contributed by atoms with van der Waals surface area (Å²) in [6.45, 7) is 4.27. The molecule has 0 fully saturated rings. The van der Waals surface area contributed by atoms with E-state index in [4.69, 9.17) is 16.3 Å². The molecular formula is C22H19ClO. The molecule has 0 N–H and O–H groups in total. The summed E-state index contributed by atoms with van der Waals surface area (Å²) in [5.41, 5.74) is 7.16. The van der Waals surface area contributed by atoms with Gasteiger partial charge in [-0.15, -0.1) is 0 Å². The second kappa shape index (κ2) is 5.99. The SMILES string of the molecule is Cc1ccc(C)c(C2Cc3cccc(-c4ccccc4Cl)c3O2)c1. The summed E-state index contributed by atoms with van der Waals surface area (Å²) in [5.74, 6) is 0.969. The quantitative estimate of drug-likeness (QED) is 0.534. The van der Waals surface area contributed by atoms with Crippen LogP contribution in [-0.2, 0) is 6.42 Å². The summed E-state index contributed by atoms with van der Waals surface area (Å²) < 4.78 is 6.41. The fourth-order valence-electron chi connectivity index (χ4n) is 3.44. The van der Waals surface area contributed by atoms with Crippen molar-refractivity contribution in [3.63, 3.8) is 0 Å². The van der Waals surface area contributed by atoms with Gasteiger partial charge in [-0.1, -0.05) is 71.8 Å². The highest BCUT2D eigenvalue weighted by molar-refractivity contribution is 6.33. The zero-order valence-corrected chi connectivity index (χ0v) is 14.6. The first-order valence-electron chi connectivity index (χ1n) is 8.24. The van der Waals surface area contributed by atoms with Gasteiger partial charge in [-0.05, 0) is 36.6 Å². The lowest BCUT2D eigenvalue weighted by Crippen LogP contribution is -2.05. The third kappa shape index (κ3) is 2.59. The molecule has 1 nitrogen and oxygen atoms in total. The average molecular weight is 335 g/mol. The van der Waals surface area contributed by atoms with Gasteiger partial charge < -0.3 is 4.74 Å².